The van der Waals surface area contributed by atoms with Gasteiger partial charge < -0.3 is 15.0 Å². The van der Waals surface area contributed by atoms with Crippen LogP contribution in [0.2, 0.25) is 0 Å². The van der Waals surface area contributed by atoms with Gasteiger partial charge >= 0.3 is 0 Å². The van der Waals surface area contributed by atoms with Crippen LogP contribution in [0.1, 0.15) is 0 Å². The average Bonchev–Trinajstić information content (AvgIpc) is 2.98. The highest BCUT2D eigenvalue weighted by Gasteiger charge is 2.07. The van der Waals surface area contributed by atoms with Gasteiger partial charge in [0.2, 0.25) is 0 Å². The van der Waals surface area contributed by atoms with Crippen molar-refractivity contribution in [3.05, 3.63) is 72.8 Å². The van der Waals surface area contributed by atoms with Gasteiger partial charge in [-0.25, -0.2) is 0 Å². The van der Waals surface area contributed by atoms with Gasteiger partial charge in [-0.2, -0.15) is 0 Å². The molecule has 1 amide bonds. The molecule has 1 aromatic heterocycles. The molecule has 1 heterocycles. The molecule has 0 atom stereocenters. The van der Waals surface area contributed by atoms with Crippen LogP contribution in [-0.4, -0.2) is 17.5 Å². The van der Waals surface area contributed by atoms with Crippen molar-refractivity contribution < 1.29 is 9.53 Å². The largest absolute Gasteiger partial charge is 0.484 e. The first-order valence-electron chi connectivity index (χ1n) is 7.78. The fourth-order valence-electron chi connectivity index (χ4n) is 2.79. The molecule has 4 nitrogen and oxygen atoms in total. The number of rotatable bonds is 4. The van der Waals surface area contributed by atoms with Crippen LogP contribution in [0.5, 0.6) is 5.75 Å². The molecule has 0 aliphatic carbocycles. The van der Waals surface area contributed by atoms with Crippen molar-refractivity contribution in [3.8, 4) is 5.75 Å². The smallest absolute Gasteiger partial charge is 0.262 e. The number of nitrogens with one attached hydrogen (secondary N) is 2. The summed E-state index contributed by atoms with van der Waals surface area (Å²) >= 11 is 0. The van der Waals surface area contributed by atoms with Crippen molar-refractivity contribution in [3.63, 3.8) is 0 Å². The van der Waals surface area contributed by atoms with Crippen LogP contribution in [-0.2, 0) is 4.79 Å². The van der Waals surface area contributed by atoms with Gasteiger partial charge in [-0.05, 0) is 30.3 Å². The molecule has 0 saturated heterocycles. The van der Waals surface area contributed by atoms with E-state index in [4.69, 9.17) is 4.74 Å². The molecule has 3 aromatic carbocycles. The first-order valence-corrected chi connectivity index (χ1v) is 7.78. The third-order valence-corrected chi connectivity index (χ3v) is 3.91. The Labute approximate surface area is 139 Å². The molecule has 118 valence electrons. The molecule has 0 fully saturated rings. The van der Waals surface area contributed by atoms with E-state index in [9.17, 15) is 4.79 Å². The van der Waals surface area contributed by atoms with Crippen LogP contribution in [0.25, 0.3) is 21.8 Å². The fraction of sp³-hybridized carbons (Fsp3) is 0.0500. The molecule has 4 aromatic rings. The molecule has 0 aliphatic heterocycles. The lowest BCUT2D eigenvalue weighted by Gasteiger charge is -2.07. The Morgan fingerprint density at radius 2 is 1.62 bits per heavy atom. The van der Waals surface area contributed by atoms with Gasteiger partial charge in [0.05, 0.1) is 5.52 Å². The SMILES string of the molecule is O=C(COc1ccc2c(c1)[nH]c1ccccc12)Nc1ccccc1. The summed E-state index contributed by atoms with van der Waals surface area (Å²) in [5.74, 6) is 0.482. The third-order valence-electron chi connectivity index (χ3n) is 3.91. The monoisotopic (exact) mass is 316 g/mol. The van der Waals surface area contributed by atoms with Crippen LogP contribution in [0.3, 0.4) is 0 Å². The number of anilines is 1. The number of para-hydroxylation sites is 2. The molecular formula is C20H16N2O2. The van der Waals surface area contributed by atoms with Crippen LogP contribution in [0.4, 0.5) is 5.69 Å². The van der Waals surface area contributed by atoms with Gasteiger partial charge in [-0.3, -0.25) is 4.79 Å². The van der Waals surface area contributed by atoms with E-state index in [-0.39, 0.29) is 12.5 Å². The average molecular weight is 316 g/mol. The second-order valence-corrected chi connectivity index (χ2v) is 5.58. The lowest BCUT2D eigenvalue weighted by atomic mass is 10.1. The Kier molecular flexibility index (Phi) is 3.63. The Balaban J connectivity index is 1.48. The summed E-state index contributed by atoms with van der Waals surface area (Å²) in [5, 5.41) is 5.13. The molecule has 0 bridgehead atoms. The van der Waals surface area contributed by atoms with Crippen molar-refractivity contribution in [2.45, 2.75) is 0 Å². The molecule has 0 unspecified atom stereocenters. The minimum atomic E-state index is -0.182. The first-order chi connectivity index (χ1) is 11.8. The lowest BCUT2D eigenvalue weighted by molar-refractivity contribution is -0.118. The van der Waals surface area contributed by atoms with E-state index in [1.54, 1.807) is 0 Å². The Bertz CT molecular complexity index is 1010. The molecule has 24 heavy (non-hydrogen) atoms. The maximum atomic E-state index is 11.9. The molecule has 0 aliphatic rings. The number of ether oxygens (including phenoxy) is 1. The van der Waals surface area contributed by atoms with Gasteiger partial charge in [-0.15, -0.1) is 0 Å². The second-order valence-electron chi connectivity index (χ2n) is 5.58. The summed E-state index contributed by atoms with van der Waals surface area (Å²) < 4.78 is 5.61. The van der Waals surface area contributed by atoms with Crippen molar-refractivity contribution in [2.24, 2.45) is 0 Å². The molecule has 4 rings (SSSR count). The minimum absolute atomic E-state index is 0.0272. The Morgan fingerprint density at radius 1 is 0.875 bits per heavy atom. The van der Waals surface area contributed by atoms with Crippen LogP contribution in [0, 0.1) is 0 Å². The Hall–Kier alpha value is -3.27. The van der Waals surface area contributed by atoms with E-state index < -0.39 is 0 Å². The van der Waals surface area contributed by atoms with Crippen molar-refractivity contribution >= 4 is 33.4 Å². The van der Waals surface area contributed by atoms with Crippen LogP contribution >= 0.6 is 0 Å². The summed E-state index contributed by atoms with van der Waals surface area (Å²) in [6, 6.07) is 23.3. The molecular weight excluding hydrogens is 300 g/mol. The quantitative estimate of drug-likeness (QED) is 0.588. The fourth-order valence-corrected chi connectivity index (χ4v) is 2.79. The molecule has 0 radical (unpaired) electrons. The lowest BCUT2D eigenvalue weighted by Crippen LogP contribution is -2.20. The topological polar surface area (TPSA) is 54.1 Å². The number of benzene rings is 3. The highest BCUT2D eigenvalue weighted by atomic mass is 16.5. The number of aromatic amines is 1. The standard InChI is InChI=1S/C20H16N2O2/c23-20(21-14-6-2-1-3-7-14)13-24-15-10-11-17-16-8-4-5-9-18(16)22-19(17)12-15/h1-12,22H,13H2,(H,21,23). The summed E-state index contributed by atoms with van der Waals surface area (Å²) in [5.41, 5.74) is 2.85. The van der Waals surface area contributed by atoms with E-state index >= 15 is 0 Å². The molecule has 4 heteroatoms. The van der Waals surface area contributed by atoms with Gasteiger partial charge in [0.15, 0.2) is 6.61 Å². The van der Waals surface area contributed by atoms with Crippen molar-refractivity contribution in [1.29, 1.82) is 0 Å². The van der Waals surface area contributed by atoms with Gasteiger partial charge in [0.25, 0.3) is 5.91 Å². The Morgan fingerprint density at radius 3 is 2.50 bits per heavy atom. The number of fused-ring (bicyclic) bond motifs is 3. The number of carbonyl (C=O) groups excluding carboxylic acids is 1. The van der Waals surface area contributed by atoms with E-state index in [1.165, 1.54) is 5.39 Å². The van der Waals surface area contributed by atoms with E-state index in [0.29, 0.717) is 5.75 Å². The highest BCUT2D eigenvalue weighted by Crippen LogP contribution is 2.28. The van der Waals surface area contributed by atoms with Gasteiger partial charge in [-0.1, -0.05) is 36.4 Å². The van der Waals surface area contributed by atoms with Crippen LogP contribution < -0.4 is 10.1 Å². The number of hydrogen-bond donors (Lipinski definition) is 2. The zero-order chi connectivity index (χ0) is 16.4. The number of carbonyl (C=O) groups is 1. The summed E-state index contributed by atoms with van der Waals surface area (Å²) in [4.78, 5) is 15.3. The zero-order valence-electron chi connectivity index (χ0n) is 13.0. The summed E-state index contributed by atoms with van der Waals surface area (Å²) in [7, 11) is 0. The number of amides is 1. The van der Waals surface area contributed by atoms with Crippen LogP contribution in [0.15, 0.2) is 72.8 Å². The normalized spacial score (nSPS) is 10.8. The van der Waals surface area contributed by atoms with E-state index in [0.717, 1.165) is 22.1 Å². The zero-order valence-corrected chi connectivity index (χ0v) is 13.0. The summed E-state index contributed by atoms with van der Waals surface area (Å²) in [6.45, 7) is -0.0272. The maximum Gasteiger partial charge on any atom is 0.262 e. The number of hydrogen-bond acceptors (Lipinski definition) is 2. The van der Waals surface area contributed by atoms with Gasteiger partial charge in [0.1, 0.15) is 5.75 Å². The molecule has 2 N–H and O–H groups in total. The number of H-pyrrole nitrogens is 1. The van der Waals surface area contributed by atoms with Crippen molar-refractivity contribution in [2.75, 3.05) is 11.9 Å². The molecule has 0 spiro atoms. The highest BCUT2D eigenvalue weighted by molar-refractivity contribution is 6.07. The third kappa shape index (κ3) is 2.82. The minimum Gasteiger partial charge on any atom is -0.484 e. The predicted molar refractivity (Wildman–Crippen MR) is 96.4 cm³/mol. The predicted octanol–water partition coefficient (Wildman–Crippen LogP) is 4.34. The first kappa shape index (κ1) is 14.3. The second kappa shape index (κ2) is 6.08. The van der Waals surface area contributed by atoms with E-state index in [2.05, 4.69) is 16.4 Å². The van der Waals surface area contributed by atoms with Crippen molar-refractivity contribution in [1.82, 2.24) is 4.98 Å². The van der Waals surface area contributed by atoms with E-state index in [1.807, 2.05) is 66.7 Å². The number of aromatic nitrogens is 1. The molecule has 0 saturated carbocycles. The summed E-state index contributed by atoms with van der Waals surface area (Å²) in [6.07, 6.45) is 0. The maximum absolute atomic E-state index is 11.9. The van der Waals surface area contributed by atoms with Gasteiger partial charge in [0, 0.05) is 28.0 Å².